The summed E-state index contributed by atoms with van der Waals surface area (Å²) in [5.74, 6) is 1.08. The molecule has 1 aromatic carbocycles. The Labute approximate surface area is 105 Å². The molecule has 0 amide bonds. The van der Waals surface area contributed by atoms with Gasteiger partial charge in [-0.05, 0) is 25.5 Å². The molecule has 15 heavy (non-hydrogen) atoms. The lowest BCUT2D eigenvalue weighted by Crippen LogP contribution is -2.35. The molecule has 0 spiro atoms. The van der Waals surface area contributed by atoms with Crippen molar-refractivity contribution in [3.63, 3.8) is 0 Å². The van der Waals surface area contributed by atoms with E-state index in [2.05, 4.69) is 19.2 Å². The monoisotopic (exact) mass is 261 g/mol. The normalized spacial score (nSPS) is 24.4. The Morgan fingerprint density at radius 3 is 2.73 bits per heavy atom. The summed E-state index contributed by atoms with van der Waals surface area (Å²) in [6.07, 6.45) is 0. The maximum absolute atomic E-state index is 6.18. The van der Waals surface area contributed by atoms with Crippen LogP contribution in [0.4, 0.5) is 0 Å². The maximum atomic E-state index is 6.18. The van der Waals surface area contributed by atoms with Gasteiger partial charge < -0.3 is 0 Å². The molecule has 2 rings (SSSR count). The first-order valence-electron chi connectivity index (χ1n) is 4.83. The summed E-state index contributed by atoms with van der Waals surface area (Å²) in [6, 6.07) is 5.79. The van der Waals surface area contributed by atoms with Crippen LogP contribution in [0.3, 0.4) is 0 Å². The Bertz CT molecular complexity index is 379. The van der Waals surface area contributed by atoms with Crippen molar-refractivity contribution in [2.75, 3.05) is 5.75 Å². The molecule has 0 aliphatic carbocycles. The smallest absolute Gasteiger partial charge is 0.0809 e. The molecule has 4 heteroatoms. The van der Waals surface area contributed by atoms with E-state index in [1.165, 1.54) is 0 Å². The van der Waals surface area contributed by atoms with Crippen LogP contribution in [-0.2, 0) is 0 Å². The van der Waals surface area contributed by atoms with Crippen LogP contribution < -0.4 is 5.32 Å². The molecule has 1 aliphatic rings. The zero-order valence-corrected chi connectivity index (χ0v) is 11.0. The number of hydrogen-bond donors (Lipinski definition) is 1. The summed E-state index contributed by atoms with van der Waals surface area (Å²) in [5.41, 5.74) is 1.25. The van der Waals surface area contributed by atoms with E-state index in [9.17, 15) is 0 Å². The molecule has 1 N–H and O–H groups in total. The lowest BCUT2D eigenvalue weighted by molar-refractivity contribution is 0.452. The van der Waals surface area contributed by atoms with E-state index >= 15 is 0 Å². The molecule has 1 unspecified atom stereocenters. The number of benzene rings is 1. The van der Waals surface area contributed by atoms with Crippen LogP contribution in [0.5, 0.6) is 0 Å². The minimum absolute atomic E-state index is 0.168. The van der Waals surface area contributed by atoms with Gasteiger partial charge in [0.2, 0.25) is 0 Å². The molecule has 1 aromatic rings. The molecule has 0 saturated carbocycles. The van der Waals surface area contributed by atoms with Gasteiger partial charge in [-0.3, -0.25) is 5.32 Å². The molecule has 82 valence electrons. The van der Waals surface area contributed by atoms with Crippen molar-refractivity contribution in [2.24, 2.45) is 0 Å². The summed E-state index contributed by atoms with van der Waals surface area (Å²) in [4.78, 5) is 0. The quantitative estimate of drug-likeness (QED) is 0.817. The lowest BCUT2D eigenvalue weighted by atomic mass is 10.1. The van der Waals surface area contributed by atoms with Crippen LogP contribution in [0.15, 0.2) is 18.2 Å². The van der Waals surface area contributed by atoms with Crippen molar-refractivity contribution >= 4 is 35.0 Å². The fourth-order valence-corrected chi connectivity index (χ4v) is 3.55. The fourth-order valence-electron chi connectivity index (χ4n) is 1.62. The predicted octanol–water partition coefficient (Wildman–Crippen LogP) is 4.11. The zero-order valence-electron chi connectivity index (χ0n) is 8.68. The first-order chi connectivity index (χ1) is 6.99. The number of halogens is 2. The Morgan fingerprint density at radius 2 is 2.13 bits per heavy atom. The van der Waals surface area contributed by atoms with Gasteiger partial charge in [0.25, 0.3) is 0 Å². The van der Waals surface area contributed by atoms with Crippen molar-refractivity contribution in [1.29, 1.82) is 0 Å². The van der Waals surface area contributed by atoms with Crippen molar-refractivity contribution < 1.29 is 0 Å². The zero-order chi connectivity index (χ0) is 11.1. The highest BCUT2D eigenvalue weighted by molar-refractivity contribution is 7.99. The highest BCUT2D eigenvalue weighted by Gasteiger charge is 2.32. The van der Waals surface area contributed by atoms with Gasteiger partial charge in [-0.25, -0.2) is 0 Å². The van der Waals surface area contributed by atoms with E-state index in [1.54, 1.807) is 0 Å². The molecule has 1 nitrogen and oxygen atoms in total. The molecule has 0 bridgehead atoms. The topological polar surface area (TPSA) is 12.0 Å². The number of thioether (sulfide) groups is 1. The average molecular weight is 262 g/mol. The highest BCUT2D eigenvalue weighted by atomic mass is 35.5. The standard InChI is InChI=1S/C11H13Cl2NS/c1-11(2)6-15-10(14-11)7-4-3-5-8(12)9(7)13/h3-5,10,14H,6H2,1-2H3. The van der Waals surface area contributed by atoms with Crippen molar-refractivity contribution in [3.05, 3.63) is 33.8 Å². The van der Waals surface area contributed by atoms with Gasteiger partial charge in [0.05, 0.1) is 15.4 Å². The van der Waals surface area contributed by atoms with E-state index in [4.69, 9.17) is 23.2 Å². The second kappa shape index (κ2) is 4.17. The van der Waals surface area contributed by atoms with Crippen molar-refractivity contribution in [2.45, 2.75) is 24.8 Å². The SMILES string of the molecule is CC1(C)CSC(c2cccc(Cl)c2Cl)N1. The third-order valence-electron chi connectivity index (χ3n) is 2.40. The molecular weight excluding hydrogens is 249 g/mol. The molecular formula is C11H13Cl2NS. The summed E-state index contributed by atoms with van der Waals surface area (Å²) < 4.78 is 0. The van der Waals surface area contributed by atoms with Crippen molar-refractivity contribution in [1.82, 2.24) is 5.32 Å². The molecule has 1 aliphatic heterocycles. The van der Waals surface area contributed by atoms with Gasteiger partial charge in [0.1, 0.15) is 0 Å². The first-order valence-corrected chi connectivity index (χ1v) is 6.63. The lowest BCUT2D eigenvalue weighted by Gasteiger charge is -2.19. The third kappa shape index (κ3) is 2.44. The van der Waals surface area contributed by atoms with Gasteiger partial charge in [-0.15, -0.1) is 11.8 Å². The van der Waals surface area contributed by atoms with Crippen molar-refractivity contribution in [3.8, 4) is 0 Å². The van der Waals surface area contributed by atoms with Gasteiger partial charge in [0.15, 0.2) is 0 Å². The summed E-state index contributed by atoms with van der Waals surface area (Å²) in [7, 11) is 0. The minimum atomic E-state index is 0.168. The van der Waals surface area contributed by atoms with Crippen LogP contribution in [0, 0.1) is 0 Å². The maximum Gasteiger partial charge on any atom is 0.0809 e. The molecule has 1 fully saturated rings. The molecule has 1 atom stereocenters. The molecule has 0 radical (unpaired) electrons. The van der Waals surface area contributed by atoms with E-state index in [0.29, 0.717) is 10.0 Å². The summed E-state index contributed by atoms with van der Waals surface area (Å²) in [5, 5.41) is 5.08. The first kappa shape index (κ1) is 11.6. The predicted molar refractivity (Wildman–Crippen MR) is 68.9 cm³/mol. The van der Waals surface area contributed by atoms with Gasteiger partial charge >= 0.3 is 0 Å². The van der Waals surface area contributed by atoms with Gasteiger partial charge in [-0.1, -0.05) is 35.3 Å². The summed E-state index contributed by atoms with van der Waals surface area (Å²) in [6.45, 7) is 4.39. The van der Waals surface area contributed by atoms with Crippen LogP contribution in [-0.4, -0.2) is 11.3 Å². The van der Waals surface area contributed by atoms with E-state index in [0.717, 1.165) is 11.3 Å². The molecule has 1 saturated heterocycles. The largest absolute Gasteiger partial charge is 0.296 e. The van der Waals surface area contributed by atoms with Gasteiger partial charge in [-0.2, -0.15) is 0 Å². The Balaban J connectivity index is 2.28. The average Bonchev–Trinajstić information content (AvgIpc) is 2.51. The second-order valence-corrected chi connectivity index (χ2v) is 6.24. The number of hydrogen-bond acceptors (Lipinski definition) is 2. The Morgan fingerprint density at radius 1 is 1.40 bits per heavy atom. The van der Waals surface area contributed by atoms with Crippen LogP contribution in [0.2, 0.25) is 10.0 Å². The third-order valence-corrected chi connectivity index (χ3v) is 4.82. The Kier molecular flexibility index (Phi) is 3.22. The molecule has 0 aromatic heterocycles. The number of nitrogens with one attached hydrogen (secondary N) is 1. The highest BCUT2D eigenvalue weighted by Crippen LogP contribution is 2.41. The van der Waals surface area contributed by atoms with E-state index in [1.807, 2.05) is 30.0 Å². The van der Waals surface area contributed by atoms with Crippen LogP contribution >= 0.6 is 35.0 Å². The molecule has 1 heterocycles. The number of rotatable bonds is 1. The fraction of sp³-hybridized carbons (Fsp3) is 0.455. The van der Waals surface area contributed by atoms with E-state index < -0.39 is 0 Å². The minimum Gasteiger partial charge on any atom is -0.296 e. The van der Waals surface area contributed by atoms with Crippen LogP contribution in [0.25, 0.3) is 0 Å². The van der Waals surface area contributed by atoms with Crippen LogP contribution in [0.1, 0.15) is 24.8 Å². The van der Waals surface area contributed by atoms with Gasteiger partial charge in [0, 0.05) is 11.3 Å². The van der Waals surface area contributed by atoms with E-state index in [-0.39, 0.29) is 10.9 Å². The summed E-state index contributed by atoms with van der Waals surface area (Å²) >= 11 is 14.0. The Hall–Kier alpha value is 0.110. The second-order valence-electron chi connectivity index (χ2n) is 4.36.